The molecule has 3 aromatic heterocycles. The number of aliphatic hydroxyl groups excluding tert-OH is 2. The molecule has 0 saturated carbocycles. The molecular formula is C21H22N6O2. The van der Waals surface area contributed by atoms with Gasteiger partial charge < -0.3 is 20.4 Å². The molecule has 0 unspecified atom stereocenters. The highest BCUT2D eigenvalue weighted by Crippen LogP contribution is 2.29. The minimum absolute atomic E-state index is 0.354. The molecular weight excluding hydrogens is 368 g/mol. The van der Waals surface area contributed by atoms with Crippen LogP contribution in [-0.4, -0.2) is 54.9 Å². The van der Waals surface area contributed by atoms with Crippen LogP contribution < -0.4 is 10.2 Å². The molecule has 0 bridgehead atoms. The van der Waals surface area contributed by atoms with E-state index in [1.807, 2.05) is 27.5 Å². The highest BCUT2D eigenvalue weighted by atomic mass is 16.3. The molecule has 1 aliphatic heterocycles. The van der Waals surface area contributed by atoms with Gasteiger partial charge in [-0.2, -0.15) is 0 Å². The molecule has 4 aromatic rings. The predicted octanol–water partition coefficient (Wildman–Crippen LogP) is 2.18. The van der Waals surface area contributed by atoms with Gasteiger partial charge in [0.05, 0.1) is 18.4 Å². The van der Waals surface area contributed by atoms with Gasteiger partial charge in [0.2, 0.25) is 0 Å². The summed E-state index contributed by atoms with van der Waals surface area (Å²) in [6.07, 6.45) is 1.96. The summed E-state index contributed by atoms with van der Waals surface area (Å²) in [6, 6.07) is 9.94. The average Bonchev–Trinajstić information content (AvgIpc) is 3.32. The van der Waals surface area contributed by atoms with Gasteiger partial charge in [-0.1, -0.05) is 18.2 Å². The lowest BCUT2D eigenvalue weighted by Crippen LogP contribution is -2.22. The summed E-state index contributed by atoms with van der Waals surface area (Å²) in [5.74, 6) is 1.41. The molecule has 8 nitrogen and oxygen atoms in total. The number of imidazole rings is 1. The van der Waals surface area contributed by atoms with Crippen LogP contribution in [0, 0.1) is 13.8 Å². The van der Waals surface area contributed by atoms with Crippen molar-refractivity contribution < 1.29 is 10.2 Å². The Kier molecular flexibility index (Phi) is 4.11. The zero-order valence-corrected chi connectivity index (χ0v) is 16.2. The van der Waals surface area contributed by atoms with E-state index in [9.17, 15) is 10.2 Å². The van der Waals surface area contributed by atoms with Crippen LogP contribution in [-0.2, 0) is 0 Å². The Morgan fingerprint density at radius 2 is 1.72 bits per heavy atom. The largest absolute Gasteiger partial charge is 0.389 e. The lowest BCUT2D eigenvalue weighted by atomic mass is 10.1. The minimum Gasteiger partial charge on any atom is -0.389 e. The molecule has 2 atom stereocenters. The van der Waals surface area contributed by atoms with Crippen LogP contribution in [0.2, 0.25) is 0 Å². The van der Waals surface area contributed by atoms with Crippen molar-refractivity contribution in [2.24, 2.45) is 0 Å². The Labute approximate surface area is 167 Å². The molecule has 1 aliphatic rings. The molecule has 4 heterocycles. The number of β-amino-alcohol motifs (C(OH)–C–C–N with tert-alkyl or cyclic N) is 2. The van der Waals surface area contributed by atoms with Crippen LogP contribution in [0.4, 0.5) is 17.3 Å². The van der Waals surface area contributed by atoms with Crippen molar-refractivity contribution in [1.29, 1.82) is 0 Å². The minimum atomic E-state index is -0.761. The SMILES string of the molecule is Cc1cccc(C)c1Nc1nc2ccc(N3C[C@@H](O)[C@H](O)C3)nc2n2cncc12. The smallest absolute Gasteiger partial charge is 0.166 e. The van der Waals surface area contributed by atoms with Gasteiger partial charge in [0.1, 0.15) is 23.2 Å². The molecule has 0 amide bonds. The fourth-order valence-corrected chi connectivity index (χ4v) is 3.87. The monoisotopic (exact) mass is 390 g/mol. The van der Waals surface area contributed by atoms with Gasteiger partial charge in [0.15, 0.2) is 11.5 Å². The van der Waals surface area contributed by atoms with Gasteiger partial charge in [-0.3, -0.25) is 4.40 Å². The number of aliphatic hydroxyl groups is 2. The van der Waals surface area contributed by atoms with E-state index < -0.39 is 12.2 Å². The predicted molar refractivity (Wildman–Crippen MR) is 112 cm³/mol. The lowest BCUT2D eigenvalue weighted by molar-refractivity contribution is 0.0572. The molecule has 3 N–H and O–H groups in total. The Hall–Kier alpha value is -3.23. The van der Waals surface area contributed by atoms with Gasteiger partial charge in [-0.25, -0.2) is 15.0 Å². The quantitative estimate of drug-likeness (QED) is 0.493. The third-order valence-corrected chi connectivity index (χ3v) is 5.49. The number of nitrogens with zero attached hydrogens (tertiary/aromatic N) is 5. The number of aromatic nitrogens is 4. The number of fused-ring (bicyclic) bond motifs is 3. The van der Waals surface area contributed by atoms with Crippen LogP contribution in [0.15, 0.2) is 42.9 Å². The summed E-state index contributed by atoms with van der Waals surface area (Å²) in [7, 11) is 0. The highest BCUT2D eigenvalue weighted by molar-refractivity contribution is 5.85. The van der Waals surface area contributed by atoms with Crippen LogP contribution >= 0.6 is 0 Å². The van der Waals surface area contributed by atoms with E-state index in [1.165, 1.54) is 0 Å². The van der Waals surface area contributed by atoms with Crippen LogP contribution in [0.3, 0.4) is 0 Å². The number of rotatable bonds is 3. The maximum atomic E-state index is 9.85. The fraction of sp³-hybridized carbons (Fsp3) is 0.286. The fourth-order valence-electron chi connectivity index (χ4n) is 3.87. The second-order valence-electron chi connectivity index (χ2n) is 7.55. The number of hydrogen-bond donors (Lipinski definition) is 3. The number of nitrogens with one attached hydrogen (secondary N) is 1. The molecule has 1 aromatic carbocycles. The third-order valence-electron chi connectivity index (χ3n) is 5.49. The second-order valence-corrected chi connectivity index (χ2v) is 7.55. The zero-order valence-electron chi connectivity index (χ0n) is 16.2. The number of para-hydroxylation sites is 1. The Bertz CT molecular complexity index is 1190. The number of aryl methyl sites for hydroxylation is 2. The van der Waals surface area contributed by atoms with E-state index >= 15 is 0 Å². The van der Waals surface area contributed by atoms with E-state index in [0.29, 0.717) is 30.4 Å². The maximum Gasteiger partial charge on any atom is 0.166 e. The average molecular weight is 390 g/mol. The second kappa shape index (κ2) is 6.68. The van der Waals surface area contributed by atoms with Crippen molar-refractivity contribution in [2.75, 3.05) is 23.3 Å². The van der Waals surface area contributed by atoms with Crippen molar-refractivity contribution in [3.05, 3.63) is 54.0 Å². The molecule has 5 rings (SSSR count). The first kappa shape index (κ1) is 17.8. The van der Waals surface area contributed by atoms with Gasteiger partial charge in [0.25, 0.3) is 0 Å². The van der Waals surface area contributed by atoms with Crippen LogP contribution in [0.5, 0.6) is 0 Å². The molecule has 0 radical (unpaired) electrons. The summed E-state index contributed by atoms with van der Waals surface area (Å²) < 4.78 is 1.91. The Morgan fingerprint density at radius 1 is 1.00 bits per heavy atom. The van der Waals surface area contributed by atoms with Crippen LogP contribution in [0.25, 0.3) is 16.7 Å². The van der Waals surface area contributed by atoms with E-state index in [1.54, 1.807) is 12.5 Å². The van der Waals surface area contributed by atoms with Gasteiger partial charge in [-0.15, -0.1) is 0 Å². The van der Waals surface area contributed by atoms with Gasteiger partial charge >= 0.3 is 0 Å². The van der Waals surface area contributed by atoms with E-state index in [2.05, 4.69) is 36.3 Å². The lowest BCUT2D eigenvalue weighted by Gasteiger charge is -2.18. The zero-order chi connectivity index (χ0) is 20.1. The van der Waals surface area contributed by atoms with E-state index in [0.717, 1.165) is 27.8 Å². The Balaban J connectivity index is 1.61. The molecule has 29 heavy (non-hydrogen) atoms. The van der Waals surface area contributed by atoms with Crippen LogP contribution in [0.1, 0.15) is 11.1 Å². The summed E-state index contributed by atoms with van der Waals surface area (Å²) in [6.45, 7) is 4.84. The van der Waals surface area contributed by atoms with E-state index in [-0.39, 0.29) is 0 Å². The summed E-state index contributed by atoms with van der Waals surface area (Å²) in [5, 5.41) is 23.2. The number of benzene rings is 1. The molecule has 8 heteroatoms. The summed E-state index contributed by atoms with van der Waals surface area (Å²) in [5.41, 5.74) is 5.55. The number of pyridine rings is 1. The molecule has 0 aliphatic carbocycles. The number of anilines is 3. The van der Waals surface area contributed by atoms with Gasteiger partial charge in [-0.05, 0) is 37.1 Å². The normalized spacial score (nSPS) is 19.4. The Morgan fingerprint density at radius 3 is 2.45 bits per heavy atom. The standard InChI is InChI=1S/C21H22N6O2/c1-12-4-3-5-13(2)19(12)25-20-15-8-22-11-27(15)21-14(23-20)6-7-18(24-21)26-9-16(28)17(29)10-26/h3-8,11,16-17,28-29H,9-10H2,1-2H3,(H,23,25)/t16-,17-/m1/s1. The van der Waals surface area contributed by atoms with Crippen molar-refractivity contribution in [1.82, 2.24) is 19.4 Å². The molecule has 1 fully saturated rings. The van der Waals surface area contributed by atoms with Crippen molar-refractivity contribution in [3.63, 3.8) is 0 Å². The topological polar surface area (TPSA) is 98.8 Å². The first-order chi connectivity index (χ1) is 14.0. The van der Waals surface area contributed by atoms with Gasteiger partial charge in [0, 0.05) is 18.8 Å². The first-order valence-electron chi connectivity index (χ1n) is 9.58. The number of hydrogen-bond acceptors (Lipinski definition) is 7. The van der Waals surface area contributed by atoms with E-state index in [4.69, 9.17) is 9.97 Å². The highest BCUT2D eigenvalue weighted by Gasteiger charge is 2.30. The van der Waals surface area contributed by atoms with Crippen molar-refractivity contribution in [2.45, 2.75) is 26.1 Å². The summed E-state index contributed by atoms with van der Waals surface area (Å²) >= 11 is 0. The third kappa shape index (κ3) is 2.97. The van der Waals surface area contributed by atoms with Crippen molar-refractivity contribution in [3.8, 4) is 0 Å². The molecule has 1 saturated heterocycles. The molecule has 0 spiro atoms. The first-order valence-corrected chi connectivity index (χ1v) is 9.58. The maximum absolute atomic E-state index is 9.85. The summed E-state index contributed by atoms with van der Waals surface area (Å²) in [4.78, 5) is 15.7. The molecule has 148 valence electrons. The van der Waals surface area contributed by atoms with Crippen molar-refractivity contribution >= 4 is 34.0 Å².